The third kappa shape index (κ3) is 4.66. The third-order valence-corrected chi connectivity index (χ3v) is 2.22. The largest absolute Gasteiger partial charge is 0.525 e. The van der Waals surface area contributed by atoms with Gasteiger partial charge in [0.05, 0.1) is 0 Å². The van der Waals surface area contributed by atoms with Gasteiger partial charge in [0.15, 0.2) is 6.79 Å². The summed E-state index contributed by atoms with van der Waals surface area (Å²) >= 11 is 0. The molecule has 5 heteroatoms. The first kappa shape index (κ1) is 14.5. The molecule has 1 aliphatic heterocycles. The molecular weight excluding hydrogens is 392 g/mol. The average molecular weight is 407 g/mol. The van der Waals surface area contributed by atoms with E-state index in [0.29, 0.717) is 6.61 Å². The molecule has 1 aromatic rings. The Morgan fingerprint density at radius 3 is 2.18 bits per heavy atom. The van der Waals surface area contributed by atoms with Crippen molar-refractivity contribution in [2.75, 3.05) is 33.7 Å². The van der Waals surface area contributed by atoms with Crippen molar-refractivity contribution >= 4 is 0 Å². The molecule has 0 atom stereocenters. The van der Waals surface area contributed by atoms with Gasteiger partial charge in [-0.25, -0.2) is 5.92 Å². The molecule has 1 aromatic carbocycles. The van der Waals surface area contributed by atoms with Crippen molar-refractivity contribution in [3.63, 3.8) is 0 Å². The fourth-order valence-electron chi connectivity index (χ4n) is 1.27. The van der Waals surface area contributed by atoms with Crippen LogP contribution < -0.4 is 9.47 Å². The number of ether oxygens (including phenoxy) is 4. The van der Waals surface area contributed by atoms with Gasteiger partial charge in [0.1, 0.15) is 11.5 Å². The molecule has 0 saturated carbocycles. The SMILES string of the molecule is COCOc1ccc(OC[C-]2COC2)cc1.[W]. The van der Waals surface area contributed by atoms with Crippen LogP contribution in [0.4, 0.5) is 0 Å². The Bertz CT molecular complexity index is 311. The summed E-state index contributed by atoms with van der Waals surface area (Å²) in [7, 11) is 1.59. The Morgan fingerprint density at radius 2 is 1.71 bits per heavy atom. The molecule has 94 valence electrons. The van der Waals surface area contributed by atoms with Crippen LogP contribution in [0.1, 0.15) is 0 Å². The summed E-state index contributed by atoms with van der Waals surface area (Å²) in [4.78, 5) is 0. The molecule has 2 rings (SSSR count). The topological polar surface area (TPSA) is 36.9 Å². The van der Waals surface area contributed by atoms with Gasteiger partial charge in [0.2, 0.25) is 0 Å². The minimum Gasteiger partial charge on any atom is -0.525 e. The van der Waals surface area contributed by atoms with E-state index in [0.717, 1.165) is 24.7 Å². The number of benzene rings is 1. The molecule has 17 heavy (non-hydrogen) atoms. The zero-order valence-electron chi connectivity index (χ0n) is 9.68. The monoisotopic (exact) mass is 407 g/mol. The maximum atomic E-state index is 5.57. The van der Waals surface area contributed by atoms with Crippen molar-refractivity contribution in [2.24, 2.45) is 0 Å². The van der Waals surface area contributed by atoms with Gasteiger partial charge in [-0.05, 0) is 30.9 Å². The first-order valence-electron chi connectivity index (χ1n) is 5.14. The van der Waals surface area contributed by atoms with Gasteiger partial charge in [-0.1, -0.05) is 13.2 Å². The predicted octanol–water partition coefficient (Wildman–Crippen LogP) is 1.65. The molecule has 0 bridgehead atoms. The van der Waals surface area contributed by atoms with E-state index in [9.17, 15) is 0 Å². The van der Waals surface area contributed by atoms with Crippen LogP contribution in [0.15, 0.2) is 24.3 Å². The molecule has 1 saturated heterocycles. The van der Waals surface area contributed by atoms with Gasteiger partial charge >= 0.3 is 0 Å². The molecule has 0 radical (unpaired) electrons. The molecule has 4 nitrogen and oxygen atoms in total. The van der Waals surface area contributed by atoms with E-state index in [4.69, 9.17) is 18.9 Å². The van der Waals surface area contributed by atoms with Crippen LogP contribution in [0.2, 0.25) is 0 Å². The molecular formula is C12H15O4W-. The van der Waals surface area contributed by atoms with Crippen LogP contribution in [-0.2, 0) is 30.5 Å². The molecule has 0 amide bonds. The first-order chi connectivity index (χ1) is 7.88. The molecule has 1 aliphatic rings. The van der Waals surface area contributed by atoms with Crippen LogP contribution in [0.5, 0.6) is 11.5 Å². The maximum absolute atomic E-state index is 5.57. The van der Waals surface area contributed by atoms with Crippen LogP contribution in [0, 0.1) is 5.92 Å². The normalized spacial score (nSPS) is 14.6. The van der Waals surface area contributed by atoms with Crippen molar-refractivity contribution in [2.45, 2.75) is 0 Å². The smallest absolute Gasteiger partial charge is 0.188 e. The summed E-state index contributed by atoms with van der Waals surface area (Å²) in [5.41, 5.74) is 0. The second-order valence-electron chi connectivity index (χ2n) is 3.55. The maximum Gasteiger partial charge on any atom is 0.188 e. The fourth-order valence-corrected chi connectivity index (χ4v) is 1.27. The van der Waals surface area contributed by atoms with Crippen LogP contribution in [0.3, 0.4) is 0 Å². The Hall–Kier alpha value is -0.572. The Labute approximate surface area is 115 Å². The van der Waals surface area contributed by atoms with Crippen molar-refractivity contribution < 1.29 is 40.0 Å². The average Bonchev–Trinajstić information content (AvgIpc) is 2.26. The van der Waals surface area contributed by atoms with Gasteiger partial charge < -0.3 is 18.9 Å². The van der Waals surface area contributed by atoms with Crippen molar-refractivity contribution in [1.82, 2.24) is 0 Å². The molecule has 0 aromatic heterocycles. The van der Waals surface area contributed by atoms with Gasteiger partial charge in [0, 0.05) is 28.2 Å². The van der Waals surface area contributed by atoms with Crippen molar-refractivity contribution in [3.8, 4) is 11.5 Å². The summed E-state index contributed by atoms with van der Waals surface area (Å²) in [6.45, 7) is 2.36. The Kier molecular flexibility index (Phi) is 6.56. The summed E-state index contributed by atoms with van der Waals surface area (Å²) in [5, 5.41) is 0. The van der Waals surface area contributed by atoms with Crippen LogP contribution >= 0.6 is 0 Å². The fraction of sp³-hybridized carbons (Fsp3) is 0.417. The van der Waals surface area contributed by atoms with E-state index in [2.05, 4.69) is 0 Å². The van der Waals surface area contributed by atoms with E-state index in [1.807, 2.05) is 24.3 Å². The summed E-state index contributed by atoms with van der Waals surface area (Å²) in [6.07, 6.45) is 0. The number of methoxy groups -OCH3 is 1. The van der Waals surface area contributed by atoms with E-state index in [1.54, 1.807) is 7.11 Å². The van der Waals surface area contributed by atoms with E-state index >= 15 is 0 Å². The Morgan fingerprint density at radius 1 is 1.12 bits per heavy atom. The standard InChI is InChI=1S/C12H15O4.W/c1-13-9-16-12-4-2-11(3-5-12)15-8-10-6-14-7-10;/h2-5H,6-9H2,1H3;/q-1;. The second kappa shape index (κ2) is 7.70. The van der Waals surface area contributed by atoms with Crippen LogP contribution in [-0.4, -0.2) is 33.7 Å². The van der Waals surface area contributed by atoms with Crippen LogP contribution in [0.25, 0.3) is 0 Å². The summed E-state index contributed by atoms with van der Waals surface area (Å²) < 4.78 is 20.7. The van der Waals surface area contributed by atoms with Crippen molar-refractivity contribution in [3.05, 3.63) is 30.2 Å². The van der Waals surface area contributed by atoms with Crippen molar-refractivity contribution in [1.29, 1.82) is 0 Å². The minimum atomic E-state index is 0. The molecule has 0 spiro atoms. The molecule has 0 unspecified atom stereocenters. The molecule has 1 heterocycles. The predicted molar refractivity (Wildman–Crippen MR) is 58.5 cm³/mol. The number of hydrogen-bond acceptors (Lipinski definition) is 4. The summed E-state index contributed by atoms with van der Waals surface area (Å²) in [6, 6.07) is 7.47. The summed E-state index contributed by atoms with van der Waals surface area (Å²) in [5.74, 6) is 2.90. The zero-order valence-corrected chi connectivity index (χ0v) is 12.6. The van der Waals surface area contributed by atoms with Gasteiger partial charge in [-0.15, -0.1) is 0 Å². The molecule has 1 fully saturated rings. The second-order valence-corrected chi connectivity index (χ2v) is 3.55. The number of rotatable bonds is 6. The Balaban J connectivity index is 0.00000144. The van der Waals surface area contributed by atoms with Gasteiger partial charge in [0.25, 0.3) is 0 Å². The quantitative estimate of drug-likeness (QED) is 0.531. The van der Waals surface area contributed by atoms with Gasteiger partial charge in [-0.3, -0.25) is 0 Å². The first-order valence-corrected chi connectivity index (χ1v) is 5.14. The number of hydrogen-bond donors (Lipinski definition) is 0. The van der Waals surface area contributed by atoms with Gasteiger partial charge in [-0.2, -0.15) is 0 Å². The minimum absolute atomic E-state index is 0. The third-order valence-electron chi connectivity index (χ3n) is 2.22. The molecule has 0 N–H and O–H groups in total. The van der Waals surface area contributed by atoms with E-state index < -0.39 is 0 Å². The molecule has 0 aliphatic carbocycles. The van der Waals surface area contributed by atoms with E-state index in [1.165, 1.54) is 5.92 Å². The van der Waals surface area contributed by atoms with E-state index in [-0.39, 0.29) is 27.9 Å². The zero-order chi connectivity index (χ0) is 11.2.